The predicted octanol–water partition coefficient (Wildman–Crippen LogP) is 12.3. The van der Waals surface area contributed by atoms with Crippen LogP contribution in [0.5, 0.6) is 0 Å². The van der Waals surface area contributed by atoms with Crippen molar-refractivity contribution >= 4 is 60.9 Å². The van der Waals surface area contributed by atoms with Crippen molar-refractivity contribution in [3.05, 3.63) is 157 Å². The first kappa shape index (κ1) is 27.0. The minimum Gasteiger partial charge on any atom is -0.456 e. The first-order valence-corrected chi connectivity index (χ1v) is 16.4. The Balaban J connectivity index is 1.13. The van der Waals surface area contributed by atoms with Gasteiger partial charge in [-0.15, -0.1) is 0 Å². The van der Waals surface area contributed by atoms with E-state index < -0.39 is 0 Å². The van der Waals surface area contributed by atoms with E-state index in [9.17, 15) is 0 Å². The van der Waals surface area contributed by atoms with Crippen LogP contribution in [0, 0.1) is 0 Å². The Kier molecular flexibility index (Phi) is 5.59. The van der Waals surface area contributed by atoms with Crippen LogP contribution in [0.2, 0.25) is 0 Å². The molecule has 0 unspecified atom stereocenters. The summed E-state index contributed by atoms with van der Waals surface area (Å²) >= 11 is 0. The largest absolute Gasteiger partial charge is 0.456 e. The fraction of sp³-hybridized carbons (Fsp3) is 0.0682. The van der Waals surface area contributed by atoms with Gasteiger partial charge >= 0.3 is 0 Å². The van der Waals surface area contributed by atoms with Gasteiger partial charge in [0.25, 0.3) is 0 Å². The van der Waals surface area contributed by atoms with Gasteiger partial charge in [0, 0.05) is 44.2 Å². The van der Waals surface area contributed by atoms with Crippen LogP contribution in [0.25, 0.3) is 66.4 Å². The van der Waals surface area contributed by atoms with Gasteiger partial charge in [-0.25, -0.2) is 4.98 Å². The van der Waals surface area contributed by atoms with Crippen molar-refractivity contribution in [2.75, 3.05) is 4.90 Å². The third-order valence-electron chi connectivity index (χ3n) is 10.1. The quantitative estimate of drug-likeness (QED) is 0.197. The van der Waals surface area contributed by atoms with Crippen molar-refractivity contribution in [3.63, 3.8) is 0 Å². The zero-order valence-corrected chi connectivity index (χ0v) is 26.6. The Bertz CT molecular complexity index is 2710. The van der Waals surface area contributed by atoms with Crippen molar-refractivity contribution < 1.29 is 8.83 Å². The van der Waals surface area contributed by atoms with E-state index in [4.69, 9.17) is 13.8 Å². The smallest absolute Gasteiger partial charge is 0.227 e. The number of rotatable bonds is 4. The number of fused-ring (bicyclic) bond motifs is 9. The maximum Gasteiger partial charge on any atom is 0.227 e. The van der Waals surface area contributed by atoms with Gasteiger partial charge in [0.2, 0.25) is 5.89 Å². The molecule has 0 radical (unpaired) electrons. The van der Waals surface area contributed by atoms with Crippen LogP contribution in [0.1, 0.15) is 25.0 Å². The van der Waals surface area contributed by atoms with E-state index in [2.05, 4.69) is 134 Å². The van der Waals surface area contributed by atoms with Gasteiger partial charge in [-0.2, -0.15) is 0 Å². The lowest BCUT2D eigenvalue weighted by Gasteiger charge is -2.27. The van der Waals surface area contributed by atoms with Gasteiger partial charge in [-0.05, 0) is 94.4 Å². The average molecular weight is 619 g/mol. The van der Waals surface area contributed by atoms with E-state index in [0.717, 1.165) is 66.4 Å². The topological polar surface area (TPSA) is 42.4 Å². The minimum absolute atomic E-state index is 0.0591. The minimum atomic E-state index is -0.0591. The van der Waals surface area contributed by atoms with Gasteiger partial charge in [0.05, 0.1) is 0 Å². The Morgan fingerprint density at radius 1 is 0.521 bits per heavy atom. The molecule has 7 aromatic carbocycles. The molecule has 0 spiro atoms. The summed E-state index contributed by atoms with van der Waals surface area (Å²) < 4.78 is 12.6. The maximum absolute atomic E-state index is 6.39. The summed E-state index contributed by atoms with van der Waals surface area (Å²) in [5.74, 6) is 0.613. The molecule has 10 rings (SSSR count). The summed E-state index contributed by atoms with van der Waals surface area (Å²) in [5.41, 5.74) is 12.8. The van der Waals surface area contributed by atoms with Crippen LogP contribution in [-0.4, -0.2) is 4.98 Å². The number of nitrogens with zero attached hydrogens (tertiary/aromatic N) is 2. The molecular formula is C44H30N2O2. The second-order valence-electron chi connectivity index (χ2n) is 13.2. The standard InChI is InChI=1S/C44H30N2O2/c1-44(2)37-13-7-5-11-33(37)35-25-30(20-22-38(35)44)46(31-21-24-41-36(26-31)34-12-6-8-14-40(34)47-41)29-18-15-28(16-19-29)43-45-39-23-17-27-9-3-4-10-32(27)42(39)48-43/h3-26H,1-2H3. The summed E-state index contributed by atoms with van der Waals surface area (Å²) in [6.45, 7) is 4.64. The van der Waals surface area contributed by atoms with E-state index in [1.54, 1.807) is 0 Å². The number of oxazole rings is 1. The van der Waals surface area contributed by atoms with Crippen molar-refractivity contribution in [1.82, 2.24) is 4.98 Å². The Morgan fingerprint density at radius 2 is 1.21 bits per heavy atom. The van der Waals surface area contributed by atoms with Gasteiger partial charge in [0.15, 0.2) is 5.58 Å². The fourth-order valence-electron chi connectivity index (χ4n) is 7.68. The van der Waals surface area contributed by atoms with E-state index in [-0.39, 0.29) is 5.41 Å². The van der Waals surface area contributed by atoms with E-state index in [0.29, 0.717) is 5.89 Å². The molecule has 9 aromatic rings. The molecule has 4 nitrogen and oxygen atoms in total. The Labute approximate surface area is 277 Å². The van der Waals surface area contributed by atoms with Gasteiger partial charge in [0.1, 0.15) is 16.7 Å². The third kappa shape index (κ3) is 3.93. The molecular weight excluding hydrogens is 588 g/mol. The number of furan rings is 1. The highest BCUT2D eigenvalue weighted by Gasteiger charge is 2.35. The fourth-order valence-corrected chi connectivity index (χ4v) is 7.68. The van der Waals surface area contributed by atoms with E-state index in [1.807, 2.05) is 30.3 Å². The van der Waals surface area contributed by atoms with Crippen LogP contribution in [0.3, 0.4) is 0 Å². The lowest BCUT2D eigenvalue weighted by Crippen LogP contribution is -2.15. The molecule has 2 heterocycles. The van der Waals surface area contributed by atoms with Crippen LogP contribution < -0.4 is 4.90 Å². The number of anilines is 3. The zero-order valence-electron chi connectivity index (χ0n) is 26.6. The van der Waals surface area contributed by atoms with Crippen molar-refractivity contribution in [2.24, 2.45) is 0 Å². The molecule has 1 aliphatic rings. The molecule has 0 amide bonds. The second-order valence-corrected chi connectivity index (χ2v) is 13.2. The van der Waals surface area contributed by atoms with Gasteiger partial charge in [-0.1, -0.05) is 92.7 Å². The Hall–Kier alpha value is -6.13. The van der Waals surface area contributed by atoms with Crippen molar-refractivity contribution in [3.8, 4) is 22.6 Å². The molecule has 2 aromatic heterocycles. The summed E-state index contributed by atoms with van der Waals surface area (Å²) in [5, 5.41) is 4.41. The van der Waals surface area contributed by atoms with Crippen LogP contribution in [-0.2, 0) is 5.41 Å². The molecule has 0 fully saturated rings. The molecule has 0 saturated heterocycles. The van der Waals surface area contributed by atoms with Crippen LogP contribution >= 0.6 is 0 Å². The second kappa shape index (κ2) is 9.93. The zero-order chi connectivity index (χ0) is 32.0. The monoisotopic (exact) mass is 618 g/mol. The highest BCUT2D eigenvalue weighted by molar-refractivity contribution is 6.07. The van der Waals surface area contributed by atoms with E-state index in [1.165, 1.54) is 22.3 Å². The van der Waals surface area contributed by atoms with Crippen LogP contribution in [0.15, 0.2) is 154 Å². The lowest BCUT2D eigenvalue weighted by molar-refractivity contribution is 0.623. The molecule has 1 aliphatic carbocycles. The highest BCUT2D eigenvalue weighted by atomic mass is 16.3. The summed E-state index contributed by atoms with van der Waals surface area (Å²) in [6.07, 6.45) is 0. The van der Waals surface area contributed by atoms with Gasteiger partial charge < -0.3 is 13.7 Å². The molecule has 4 heteroatoms. The summed E-state index contributed by atoms with van der Waals surface area (Å²) in [7, 11) is 0. The highest BCUT2D eigenvalue weighted by Crippen LogP contribution is 2.51. The molecule has 0 atom stereocenters. The SMILES string of the molecule is CC1(C)c2ccccc2-c2cc(N(c3ccc(-c4nc5ccc6ccccc6c5o4)cc3)c3ccc4oc5ccccc5c4c3)ccc21. The summed E-state index contributed by atoms with van der Waals surface area (Å²) in [4.78, 5) is 7.20. The molecule has 0 bridgehead atoms. The average Bonchev–Trinajstić information content (AvgIpc) is 3.80. The number of benzene rings is 7. The van der Waals surface area contributed by atoms with Crippen molar-refractivity contribution in [1.29, 1.82) is 0 Å². The first-order valence-electron chi connectivity index (χ1n) is 16.4. The molecule has 0 aliphatic heterocycles. The first-order chi connectivity index (χ1) is 23.5. The molecule has 228 valence electrons. The normalized spacial score (nSPS) is 13.4. The molecule has 48 heavy (non-hydrogen) atoms. The lowest BCUT2D eigenvalue weighted by atomic mass is 9.82. The van der Waals surface area contributed by atoms with E-state index >= 15 is 0 Å². The number of hydrogen-bond acceptors (Lipinski definition) is 4. The maximum atomic E-state index is 6.39. The van der Waals surface area contributed by atoms with Gasteiger partial charge in [-0.3, -0.25) is 0 Å². The van der Waals surface area contributed by atoms with Crippen LogP contribution in [0.4, 0.5) is 17.1 Å². The number of aromatic nitrogens is 1. The number of hydrogen-bond donors (Lipinski definition) is 0. The molecule has 0 N–H and O–H groups in total. The molecule has 0 saturated carbocycles. The predicted molar refractivity (Wildman–Crippen MR) is 196 cm³/mol. The Morgan fingerprint density at radius 3 is 2.10 bits per heavy atom. The third-order valence-corrected chi connectivity index (χ3v) is 10.1. The summed E-state index contributed by atoms with van der Waals surface area (Å²) in [6, 6.07) is 51.3. The number of para-hydroxylation sites is 1. The van der Waals surface area contributed by atoms with Crippen molar-refractivity contribution in [2.45, 2.75) is 19.3 Å².